The van der Waals surface area contributed by atoms with Crippen molar-refractivity contribution in [3.63, 3.8) is 0 Å². The Bertz CT molecular complexity index is 293. The summed E-state index contributed by atoms with van der Waals surface area (Å²) in [7, 11) is 3.44. The molecule has 1 aromatic heterocycles. The third-order valence-corrected chi connectivity index (χ3v) is 2.24. The van der Waals surface area contributed by atoms with Crippen LogP contribution in [0.2, 0.25) is 0 Å². The van der Waals surface area contributed by atoms with Crippen molar-refractivity contribution in [3.8, 4) is 0 Å². The molecule has 0 saturated carbocycles. The summed E-state index contributed by atoms with van der Waals surface area (Å²) in [6.45, 7) is 1.92. The van der Waals surface area contributed by atoms with E-state index in [1.165, 1.54) is 12.3 Å². The van der Waals surface area contributed by atoms with Crippen LogP contribution in [0.5, 0.6) is 0 Å². The second-order valence-electron chi connectivity index (χ2n) is 3.14. The predicted octanol–water partition coefficient (Wildman–Crippen LogP) is 1.52. The lowest BCUT2D eigenvalue weighted by molar-refractivity contribution is 0.0855. The smallest absolute Gasteiger partial charge is 0.141 e. The zero-order chi connectivity index (χ0) is 10.6. The molecule has 0 aliphatic heterocycles. The number of rotatable bonds is 4. The minimum atomic E-state index is -0.328. The first-order chi connectivity index (χ1) is 6.69. The fourth-order valence-corrected chi connectivity index (χ4v) is 1.41. The highest BCUT2D eigenvalue weighted by Gasteiger charge is 2.17. The van der Waals surface area contributed by atoms with Crippen molar-refractivity contribution < 1.29 is 9.13 Å². The molecule has 2 atom stereocenters. The molecule has 14 heavy (non-hydrogen) atoms. The predicted molar refractivity (Wildman–Crippen MR) is 52.5 cm³/mol. The maximum absolute atomic E-state index is 12.9. The fourth-order valence-electron chi connectivity index (χ4n) is 1.41. The second kappa shape index (κ2) is 5.02. The number of ether oxygens (including phenoxy) is 1. The quantitative estimate of drug-likeness (QED) is 0.796. The van der Waals surface area contributed by atoms with Crippen molar-refractivity contribution in [1.29, 1.82) is 0 Å². The average Bonchev–Trinajstić information content (AvgIpc) is 2.19. The molecule has 0 aliphatic carbocycles. The lowest BCUT2D eigenvalue weighted by Crippen LogP contribution is -2.28. The number of pyridine rings is 1. The normalized spacial score (nSPS) is 15.1. The number of likely N-dealkylation sites (N-methyl/N-ethyl adjacent to an activating group) is 1. The van der Waals surface area contributed by atoms with Gasteiger partial charge in [0.15, 0.2) is 0 Å². The van der Waals surface area contributed by atoms with Crippen molar-refractivity contribution in [2.24, 2.45) is 0 Å². The van der Waals surface area contributed by atoms with Crippen molar-refractivity contribution in [3.05, 3.63) is 29.8 Å². The van der Waals surface area contributed by atoms with Crippen LogP contribution >= 0.6 is 0 Å². The maximum Gasteiger partial charge on any atom is 0.141 e. The molecular weight excluding hydrogens is 183 g/mol. The number of nitrogens with one attached hydrogen (secondary N) is 1. The molecule has 78 valence electrons. The van der Waals surface area contributed by atoms with Crippen LogP contribution in [-0.2, 0) is 4.74 Å². The summed E-state index contributed by atoms with van der Waals surface area (Å²) in [5.41, 5.74) is 0.793. The van der Waals surface area contributed by atoms with Crippen molar-refractivity contribution in [2.45, 2.75) is 19.1 Å². The average molecular weight is 198 g/mol. The molecule has 0 spiro atoms. The lowest BCUT2D eigenvalue weighted by Gasteiger charge is -2.22. The molecule has 0 radical (unpaired) electrons. The lowest BCUT2D eigenvalue weighted by atomic mass is 10.0. The van der Waals surface area contributed by atoms with Crippen molar-refractivity contribution >= 4 is 0 Å². The van der Waals surface area contributed by atoms with Crippen LogP contribution in [-0.4, -0.2) is 25.2 Å². The highest BCUT2D eigenvalue weighted by atomic mass is 19.1. The largest absolute Gasteiger partial charge is 0.380 e. The zero-order valence-electron chi connectivity index (χ0n) is 8.62. The summed E-state index contributed by atoms with van der Waals surface area (Å²) < 4.78 is 18.1. The van der Waals surface area contributed by atoms with Gasteiger partial charge in [0.2, 0.25) is 0 Å². The van der Waals surface area contributed by atoms with Gasteiger partial charge in [0.05, 0.1) is 18.3 Å². The van der Waals surface area contributed by atoms with Crippen LogP contribution in [0.1, 0.15) is 18.5 Å². The third-order valence-electron chi connectivity index (χ3n) is 2.24. The summed E-state index contributed by atoms with van der Waals surface area (Å²) in [5.74, 6) is -0.328. The Labute approximate surface area is 83.3 Å². The summed E-state index contributed by atoms with van der Waals surface area (Å²) in [6.07, 6.45) is 2.80. The van der Waals surface area contributed by atoms with Crippen LogP contribution in [0.25, 0.3) is 0 Å². The molecule has 0 amide bonds. The number of halogens is 1. The minimum Gasteiger partial charge on any atom is -0.380 e. The van der Waals surface area contributed by atoms with Gasteiger partial charge in [-0.05, 0) is 25.6 Å². The van der Waals surface area contributed by atoms with Crippen LogP contribution in [0.15, 0.2) is 18.5 Å². The van der Waals surface area contributed by atoms with Crippen molar-refractivity contribution in [2.75, 3.05) is 14.2 Å². The monoisotopic (exact) mass is 198 g/mol. The number of hydrogen-bond donors (Lipinski definition) is 1. The Hall–Kier alpha value is -1.00. The Morgan fingerprint density at radius 3 is 2.71 bits per heavy atom. The van der Waals surface area contributed by atoms with Gasteiger partial charge in [-0.2, -0.15) is 0 Å². The molecule has 4 heteroatoms. The summed E-state index contributed by atoms with van der Waals surface area (Å²) >= 11 is 0. The van der Waals surface area contributed by atoms with E-state index in [9.17, 15) is 4.39 Å². The third kappa shape index (κ3) is 2.49. The Balaban J connectivity index is 2.89. The van der Waals surface area contributed by atoms with Gasteiger partial charge >= 0.3 is 0 Å². The van der Waals surface area contributed by atoms with E-state index in [1.54, 1.807) is 13.3 Å². The van der Waals surface area contributed by atoms with Gasteiger partial charge in [-0.1, -0.05) is 0 Å². The van der Waals surface area contributed by atoms with Gasteiger partial charge in [0.1, 0.15) is 5.82 Å². The van der Waals surface area contributed by atoms with Gasteiger partial charge in [-0.15, -0.1) is 0 Å². The van der Waals surface area contributed by atoms with Gasteiger partial charge in [-0.25, -0.2) is 4.39 Å². The van der Waals surface area contributed by atoms with E-state index < -0.39 is 0 Å². The number of aromatic nitrogens is 1. The zero-order valence-corrected chi connectivity index (χ0v) is 8.62. The summed E-state index contributed by atoms with van der Waals surface area (Å²) in [6, 6.07) is 1.42. The van der Waals surface area contributed by atoms with E-state index in [4.69, 9.17) is 4.74 Å². The second-order valence-corrected chi connectivity index (χ2v) is 3.14. The number of nitrogens with zero attached hydrogens (tertiary/aromatic N) is 1. The van der Waals surface area contributed by atoms with Crippen LogP contribution in [0, 0.1) is 5.82 Å². The van der Waals surface area contributed by atoms with E-state index in [1.807, 2.05) is 14.0 Å². The molecule has 3 nitrogen and oxygen atoms in total. The van der Waals surface area contributed by atoms with E-state index >= 15 is 0 Å². The first kappa shape index (κ1) is 11.1. The van der Waals surface area contributed by atoms with Crippen LogP contribution in [0.4, 0.5) is 4.39 Å². The molecular formula is C10H15FN2O. The van der Waals surface area contributed by atoms with E-state index in [0.29, 0.717) is 0 Å². The first-order valence-electron chi connectivity index (χ1n) is 4.49. The standard InChI is InChI=1S/C10H15FN2O/c1-7(14-3)10(12-2)8-4-9(11)6-13-5-8/h4-7,10,12H,1-3H3. The van der Waals surface area contributed by atoms with E-state index in [2.05, 4.69) is 10.3 Å². The highest BCUT2D eigenvalue weighted by molar-refractivity contribution is 5.16. The molecule has 0 fully saturated rings. The molecule has 0 saturated heterocycles. The highest BCUT2D eigenvalue weighted by Crippen LogP contribution is 2.17. The topological polar surface area (TPSA) is 34.2 Å². The molecule has 0 aliphatic rings. The van der Waals surface area contributed by atoms with E-state index in [0.717, 1.165) is 5.56 Å². The van der Waals surface area contributed by atoms with E-state index in [-0.39, 0.29) is 18.0 Å². The summed E-state index contributed by atoms with van der Waals surface area (Å²) in [5, 5.41) is 3.06. The summed E-state index contributed by atoms with van der Waals surface area (Å²) in [4.78, 5) is 3.80. The fraction of sp³-hybridized carbons (Fsp3) is 0.500. The van der Waals surface area contributed by atoms with Crippen LogP contribution in [0.3, 0.4) is 0 Å². The van der Waals surface area contributed by atoms with Crippen molar-refractivity contribution in [1.82, 2.24) is 10.3 Å². The molecule has 1 heterocycles. The number of hydrogen-bond acceptors (Lipinski definition) is 3. The van der Waals surface area contributed by atoms with Gasteiger partial charge in [-0.3, -0.25) is 4.98 Å². The SMILES string of the molecule is CNC(c1cncc(F)c1)C(C)OC. The minimum absolute atomic E-state index is 0.0244. The molecule has 0 aromatic carbocycles. The van der Waals surface area contributed by atoms with Gasteiger partial charge in [0.25, 0.3) is 0 Å². The maximum atomic E-state index is 12.9. The number of methoxy groups -OCH3 is 1. The molecule has 1 aromatic rings. The molecule has 0 bridgehead atoms. The Morgan fingerprint density at radius 2 is 2.21 bits per heavy atom. The molecule has 2 unspecified atom stereocenters. The first-order valence-corrected chi connectivity index (χ1v) is 4.49. The van der Waals surface area contributed by atoms with Crippen LogP contribution < -0.4 is 5.32 Å². The van der Waals surface area contributed by atoms with Gasteiger partial charge < -0.3 is 10.1 Å². The van der Waals surface area contributed by atoms with Gasteiger partial charge in [0, 0.05) is 13.3 Å². The molecule has 1 N–H and O–H groups in total. The molecule has 1 rings (SSSR count). The Kier molecular flexibility index (Phi) is 3.98. The Morgan fingerprint density at radius 1 is 1.50 bits per heavy atom.